The second kappa shape index (κ2) is 6.31. The molecule has 110 valence electrons. The number of aryl methyl sites for hydroxylation is 2. The van der Waals surface area contributed by atoms with E-state index in [-0.39, 0.29) is 11.6 Å². The van der Waals surface area contributed by atoms with E-state index in [4.69, 9.17) is 0 Å². The van der Waals surface area contributed by atoms with Crippen molar-refractivity contribution in [1.82, 2.24) is 4.98 Å². The molecule has 0 spiro atoms. The van der Waals surface area contributed by atoms with Gasteiger partial charge < -0.3 is 4.98 Å². The summed E-state index contributed by atoms with van der Waals surface area (Å²) >= 11 is 1.51. The van der Waals surface area contributed by atoms with Gasteiger partial charge in [0.1, 0.15) is 0 Å². The summed E-state index contributed by atoms with van der Waals surface area (Å²) in [6.07, 6.45) is 0. The van der Waals surface area contributed by atoms with Crippen molar-refractivity contribution in [3.63, 3.8) is 0 Å². The maximum Gasteiger partial charge on any atom is 0.189 e. The highest BCUT2D eigenvalue weighted by Gasteiger charge is 2.19. The number of aromatic amines is 1. The van der Waals surface area contributed by atoms with Crippen molar-refractivity contribution in [2.45, 2.75) is 32.6 Å². The van der Waals surface area contributed by atoms with E-state index in [1.54, 1.807) is 0 Å². The van der Waals surface area contributed by atoms with Gasteiger partial charge >= 0.3 is 0 Å². The summed E-state index contributed by atoms with van der Waals surface area (Å²) in [6, 6.07) is 8.09. The van der Waals surface area contributed by atoms with Gasteiger partial charge in [0.25, 0.3) is 0 Å². The molecule has 1 aromatic heterocycles. The molecule has 0 saturated heterocycles. The first-order valence-corrected chi connectivity index (χ1v) is 7.81. The summed E-state index contributed by atoms with van der Waals surface area (Å²) in [7, 11) is 0. The molecule has 0 atom stereocenters. The van der Waals surface area contributed by atoms with Crippen LogP contribution < -0.4 is 0 Å². The fraction of sp³-hybridized carbons (Fsp3) is 0.294. The number of ketones is 2. The van der Waals surface area contributed by atoms with Gasteiger partial charge in [0.15, 0.2) is 11.6 Å². The molecule has 0 bridgehead atoms. The Kier molecular flexibility index (Phi) is 4.68. The van der Waals surface area contributed by atoms with Crippen LogP contribution in [0.15, 0.2) is 29.2 Å². The smallest absolute Gasteiger partial charge is 0.189 e. The zero-order chi connectivity index (χ0) is 15.6. The van der Waals surface area contributed by atoms with Crippen molar-refractivity contribution in [2.24, 2.45) is 0 Å². The number of rotatable bonds is 5. The van der Waals surface area contributed by atoms with E-state index in [0.717, 1.165) is 16.2 Å². The number of carbonyl (C=O) groups excluding carboxylic acids is 2. The number of H-pyrrole nitrogens is 1. The van der Waals surface area contributed by atoms with Crippen molar-refractivity contribution in [1.29, 1.82) is 0 Å². The quantitative estimate of drug-likeness (QED) is 0.667. The number of hydrogen-bond donors (Lipinski definition) is 1. The van der Waals surface area contributed by atoms with Gasteiger partial charge in [-0.1, -0.05) is 17.7 Å². The predicted molar refractivity (Wildman–Crippen MR) is 86.5 cm³/mol. The number of benzene rings is 1. The summed E-state index contributed by atoms with van der Waals surface area (Å²) < 4.78 is 0. The van der Waals surface area contributed by atoms with Gasteiger partial charge in [-0.3, -0.25) is 9.59 Å². The molecule has 4 heteroatoms. The van der Waals surface area contributed by atoms with Crippen LogP contribution in [0.2, 0.25) is 0 Å². The third-order valence-corrected chi connectivity index (χ3v) is 4.47. The number of Topliss-reactive ketones (excluding diaryl/α,β-unsaturated/α-hetero) is 2. The van der Waals surface area contributed by atoms with E-state index in [1.807, 2.05) is 45.0 Å². The molecule has 0 fully saturated rings. The summed E-state index contributed by atoms with van der Waals surface area (Å²) in [5.74, 6) is 0.376. The van der Waals surface area contributed by atoms with Gasteiger partial charge in [-0.2, -0.15) is 0 Å². The van der Waals surface area contributed by atoms with Crippen LogP contribution in [0.3, 0.4) is 0 Å². The Bertz CT molecular complexity index is 684. The van der Waals surface area contributed by atoms with Crippen molar-refractivity contribution in [3.8, 4) is 0 Å². The number of hydrogen-bond acceptors (Lipinski definition) is 3. The first-order valence-electron chi connectivity index (χ1n) is 6.83. The summed E-state index contributed by atoms with van der Waals surface area (Å²) in [5.41, 5.74) is 3.92. The average Bonchev–Trinajstić information content (AvgIpc) is 2.73. The highest BCUT2D eigenvalue weighted by molar-refractivity contribution is 8.00. The predicted octanol–water partition coefficient (Wildman–Crippen LogP) is 4.12. The maximum atomic E-state index is 12.3. The van der Waals surface area contributed by atoms with Gasteiger partial charge in [0.2, 0.25) is 0 Å². The van der Waals surface area contributed by atoms with Gasteiger partial charge in [0.05, 0.1) is 11.4 Å². The molecule has 0 radical (unpaired) electrons. The molecule has 0 amide bonds. The summed E-state index contributed by atoms with van der Waals surface area (Å²) in [6.45, 7) is 7.21. The normalized spacial score (nSPS) is 10.7. The van der Waals surface area contributed by atoms with Gasteiger partial charge in [-0.05, 0) is 45.4 Å². The van der Waals surface area contributed by atoms with Crippen molar-refractivity contribution in [3.05, 3.63) is 52.3 Å². The molecule has 0 unspecified atom stereocenters. The third-order valence-electron chi connectivity index (χ3n) is 3.46. The summed E-state index contributed by atoms with van der Waals surface area (Å²) in [5, 5.41) is 0. The Morgan fingerprint density at radius 1 is 1.10 bits per heavy atom. The van der Waals surface area contributed by atoms with E-state index in [2.05, 4.69) is 4.98 Å². The molecule has 1 heterocycles. The number of aromatic nitrogens is 1. The second-order valence-electron chi connectivity index (χ2n) is 5.21. The Morgan fingerprint density at radius 3 is 2.24 bits per heavy atom. The molecule has 0 saturated carbocycles. The van der Waals surface area contributed by atoms with E-state index >= 15 is 0 Å². The number of nitrogens with one attached hydrogen (secondary N) is 1. The molecular formula is C17H19NO2S. The van der Waals surface area contributed by atoms with Crippen LogP contribution in [0.1, 0.15) is 44.6 Å². The average molecular weight is 301 g/mol. The minimum Gasteiger partial charge on any atom is -0.355 e. The van der Waals surface area contributed by atoms with E-state index in [0.29, 0.717) is 17.0 Å². The lowest BCUT2D eigenvalue weighted by atomic mass is 10.1. The Morgan fingerprint density at radius 2 is 1.71 bits per heavy atom. The largest absolute Gasteiger partial charge is 0.355 e. The highest BCUT2D eigenvalue weighted by Crippen LogP contribution is 2.23. The lowest BCUT2D eigenvalue weighted by Gasteiger charge is -2.02. The Hall–Kier alpha value is -1.81. The van der Waals surface area contributed by atoms with Crippen LogP contribution in [0.25, 0.3) is 0 Å². The van der Waals surface area contributed by atoms with Crippen LogP contribution in [-0.4, -0.2) is 22.3 Å². The molecule has 0 aliphatic rings. The molecule has 2 rings (SSSR count). The number of carbonyl (C=O) groups is 2. The van der Waals surface area contributed by atoms with Crippen molar-refractivity contribution < 1.29 is 9.59 Å². The monoisotopic (exact) mass is 301 g/mol. The highest BCUT2D eigenvalue weighted by atomic mass is 32.2. The van der Waals surface area contributed by atoms with E-state index in [1.165, 1.54) is 24.2 Å². The van der Waals surface area contributed by atoms with Crippen molar-refractivity contribution in [2.75, 3.05) is 5.75 Å². The zero-order valence-corrected chi connectivity index (χ0v) is 13.6. The molecule has 3 nitrogen and oxygen atoms in total. The van der Waals surface area contributed by atoms with Gasteiger partial charge in [0, 0.05) is 16.2 Å². The van der Waals surface area contributed by atoms with Crippen LogP contribution in [0.5, 0.6) is 0 Å². The third kappa shape index (κ3) is 3.45. The SMILES string of the molecule is CC(=O)c1c(C)[nH]c(C(=O)CSc2ccc(C)cc2)c1C. The van der Waals surface area contributed by atoms with E-state index < -0.39 is 0 Å². The molecular weight excluding hydrogens is 282 g/mol. The van der Waals surface area contributed by atoms with Crippen LogP contribution in [0, 0.1) is 20.8 Å². The first-order chi connectivity index (χ1) is 9.90. The summed E-state index contributed by atoms with van der Waals surface area (Å²) in [4.78, 5) is 28.1. The first kappa shape index (κ1) is 15.6. The van der Waals surface area contributed by atoms with Gasteiger partial charge in [-0.25, -0.2) is 0 Å². The minimum absolute atomic E-state index is 0.00788. The van der Waals surface area contributed by atoms with Crippen LogP contribution in [0.4, 0.5) is 0 Å². The van der Waals surface area contributed by atoms with E-state index in [9.17, 15) is 9.59 Å². The van der Waals surface area contributed by atoms with Crippen LogP contribution in [-0.2, 0) is 0 Å². The topological polar surface area (TPSA) is 49.9 Å². The molecule has 0 aliphatic carbocycles. The lowest BCUT2D eigenvalue weighted by Crippen LogP contribution is -2.05. The molecule has 2 aromatic rings. The lowest BCUT2D eigenvalue weighted by molar-refractivity contribution is 0.101. The maximum absolute atomic E-state index is 12.3. The number of thioether (sulfide) groups is 1. The second-order valence-corrected chi connectivity index (χ2v) is 6.25. The van der Waals surface area contributed by atoms with Gasteiger partial charge in [-0.15, -0.1) is 11.8 Å². The fourth-order valence-electron chi connectivity index (χ4n) is 2.41. The Balaban J connectivity index is 2.12. The molecule has 21 heavy (non-hydrogen) atoms. The molecule has 1 aromatic carbocycles. The minimum atomic E-state index is -0.00788. The zero-order valence-electron chi connectivity index (χ0n) is 12.7. The molecule has 0 aliphatic heterocycles. The Labute approximate surface area is 129 Å². The standard InChI is InChI=1S/C17H19NO2S/c1-10-5-7-14(8-6-10)21-9-15(20)17-11(2)16(13(4)19)12(3)18-17/h5-8,18H,9H2,1-4H3. The molecule has 1 N–H and O–H groups in total. The fourth-order valence-corrected chi connectivity index (χ4v) is 3.18. The van der Waals surface area contributed by atoms with Crippen LogP contribution >= 0.6 is 11.8 Å². The van der Waals surface area contributed by atoms with Crippen molar-refractivity contribution >= 4 is 23.3 Å².